The molecule has 0 aliphatic carbocycles. The topological polar surface area (TPSA) is 54.4 Å². The molecular formula is C19H17ClF2N2O2S. The Hall–Kier alpha value is -1.80. The van der Waals surface area contributed by atoms with Crippen LogP contribution in [0.2, 0.25) is 5.02 Å². The fraction of sp³-hybridized carbons (Fsp3) is 0.316. The lowest BCUT2D eigenvalue weighted by Gasteiger charge is -2.20. The van der Waals surface area contributed by atoms with Crippen LogP contribution in [0.4, 0.5) is 8.78 Å². The highest BCUT2D eigenvalue weighted by Crippen LogP contribution is 2.42. The smallest absolute Gasteiger partial charge is 0.165 e. The first-order valence-corrected chi connectivity index (χ1v) is 9.67. The van der Waals surface area contributed by atoms with E-state index in [-0.39, 0.29) is 16.9 Å². The fourth-order valence-electron chi connectivity index (χ4n) is 3.30. The monoisotopic (exact) mass is 410 g/mol. The summed E-state index contributed by atoms with van der Waals surface area (Å²) in [5, 5.41) is 12.9. The lowest BCUT2D eigenvalue weighted by Crippen LogP contribution is -2.27. The van der Waals surface area contributed by atoms with Gasteiger partial charge in [-0.15, -0.1) is 11.3 Å². The molecule has 3 aromatic rings. The predicted molar refractivity (Wildman–Crippen MR) is 103 cm³/mol. The van der Waals surface area contributed by atoms with Gasteiger partial charge in [0.25, 0.3) is 0 Å². The van der Waals surface area contributed by atoms with Crippen LogP contribution >= 0.6 is 22.9 Å². The first-order valence-electron chi connectivity index (χ1n) is 8.48. The van der Waals surface area contributed by atoms with Crippen LogP contribution in [0.25, 0.3) is 21.3 Å². The highest BCUT2D eigenvalue weighted by atomic mass is 35.5. The summed E-state index contributed by atoms with van der Waals surface area (Å²) in [6, 6.07) is 5.23. The minimum absolute atomic E-state index is 0.191. The molecule has 4 rings (SSSR count). The van der Waals surface area contributed by atoms with Crippen molar-refractivity contribution in [3.63, 3.8) is 0 Å². The van der Waals surface area contributed by atoms with Gasteiger partial charge in [-0.3, -0.25) is 4.98 Å². The number of aryl methyl sites for hydroxylation is 1. The van der Waals surface area contributed by atoms with E-state index in [0.29, 0.717) is 33.1 Å². The Labute approximate surface area is 163 Å². The summed E-state index contributed by atoms with van der Waals surface area (Å²) in [6.45, 7) is 2.10. The Bertz CT molecular complexity index is 1010. The van der Waals surface area contributed by atoms with Crippen LogP contribution in [0.3, 0.4) is 0 Å². The number of aliphatic hydroxyl groups is 1. The van der Waals surface area contributed by atoms with Crippen molar-refractivity contribution in [2.45, 2.75) is 25.8 Å². The summed E-state index contributed by atoms with van der Waals surface area (Å²) in [6.07, 6.45) is -0.205. The summed E-state index contributed by atoms with van der Waals surface area (Å²) >= 11 is 7.40. The largest absolute Gasteiger partial charge is 0.485 e. The summed E-state index contributed by atoms with van der Waals surface area (Å²) in [5.41, 5.74) is 2.29. The number of fused-ring (bicyclic) bond motifs is 1. The maximum atomic E-state index is 14.4. The van der Waals surface area contributed by atoms with Crippen LogP contribution in [0.15, 0.2) is 24.4 Å². The highest BCUT2D eigenvalue weighted by Gasteiger charge is 2.30. The van der Waals surface area contributed by atoms with Gasteiger partial charge >= 0.3 is 0 Å². The molecule has 8 heteroatoms. The first kappa shape index (κ1) is 18.6. The Morgan fingerprint density at radius 1 is 1.37 bits per heavy atom. The van der Waals surface area contributed by atoms with Gasteiger partial charge in [0, 0.05) is 35.4 Å². The molecule has 142 valence electrons. The molecule has 2 aromatic heterocycles. The van der Waals surface area contributed by atoms with Gasteiger partial charge in [0.15, 0.2) is 12.0 Å². The third-order valence-corrected chi connectivity index (χ3v) is 6.00. The number of hydrogen-bond acceptors (Lipinski definition) is 5. The Morgan fingerprint density at radius 3 is 2.89 bits per heavy atom. The minimum Gasteiger partial charge on any atom is -0.485 e. The number of ether oxygens (including phenoxy) is 1. The predicted octanol–water partition coefficient (Wildman–Crippen LogP) is 4.25. The van der Waals surface area contributed by atoms with Crippen molar-refractivity contribution in [2.75, 3.05) is 13.1 Å². The number of aliphatic hydroxyl groups excluding tert-OH is 1. The van der Waals surface area contributed by atoms with Gasteiger partial charge in [-0.25, -0.2) is 8.78 Å². The Kier molecular flexibility index (Phi) is 5.03. The van der Waals surface area contributed by atoms with Gasteiger partial charge in [-0.1, -0.05) is 11.6 Å². The number of thiophene rings is 1. The first-order chi connectivity index (χ1) is 13.0. The summed E-state index contributed by atoms with van der Waals surface area (Å²) in [7, 11) is 0. The van der Waals surface area contributed by atoms with E-state index in [4.69, 9.17) is 16.3 Å². The second-order valence-corrected chi connectivity index (χ2v) is 8.01. The normalized spacial score (nSPS) is 19.7. The van der Waals surface area contributed by atoms with E-state index in [2.05, 4.69) is 10.3 Å². The van der Waals surface area contributed by atoms with Crippen molar-refractivity contribution < 1.29 is 18.6 Å². The van der Waals surface area contributed by atoms with Gasteiger partial charge in [-0.2, -0.15) is 0 Å². The van der Waals surface area contributed by atoms with E-state index in [9.17, 15) is 13.9 Å². The van der Waals surface area contributed by atoms with Crippen LogP contribution in [-0.2, 0) is 6.61 Å². The fourth-order valence-corrected chi connectivity index (χ4v) is 4.59. The summed E-state index contributed by atoms with van der Waals surface area (Å²) in [4.78, 5) is 4.32. The molecule has 0 bridgehead atoms. The molecule has 2 N–H and O–H groups in total. The molecule has 1 aliphatic rings. The third kappa shape index (κ3) is 3.29. The molecule has 27 heavy (non-hydrogen) atoms. The molecular weight excluding hydrogens is 394 g/mol. The molecule has 3 heterocycles. The van der Waals surface area contributed by atoms with Crippen molar-refractivity contribution in [1.82, 2.24) is 10.3 Å². The van der Waals surface area contributed by atoms with Crippen LogP contribution in [-0.4, -0.2) is 35.5 Å². The van der Waals surface area contributed by atoms with Gasteiger partial charge in [0.2, 0.25) is 0 Å². The van der Waals surface area contributed by atoms with Crippen LogP contribution in [0, 0.1) is 12.7 Å². The number of nitrogens with zero attached hydrogens (tertiary/aromatic N) is 1. The van der Waals surface area contributed by atoms with Crippen molar-refractivity contribution in [3.8, 4) is 16.9 Å². The van der Waals surface area contributed by atoms with Crippen molar-refractivity contribution >= 4 is 33.2 Å². The van der Waals surface area contributed by atoms with Crippen molar-refractivity contribution in [3.05, 3.63) is 45.7 Å². The lowest BCUT2D eigenvalue weighted by atomic mass is 10.0. The SMILES string of the molecule is Cc1cc(Cl)cc(-c2ccnc3c(F)c(CO)sc23)c1O[C@@H]1CNC[C@@H]1F. The van der Waals surface area contributed by atoms with E-state index < -0.39 is 24.7 Å². The van der Waals surface area contributed by atoms with E-state index in [1.807, 2.05) is 6.92 Å². The second kappa shape index (κ2) is 7.31. The molecule has 0 unspecified atom stereocenters. The zero-order valence-corrected chi connectivity index (χ0v) is 16.0. The number of aromatic nitrogens is 1. The van der Waals surface area contributed by atoms with E-state index in [0.717, 1.165) is 16.9 Å². The molecule has 0 radical (unpaired) electrons. The molecule has 0 saturated carbocycles. The van der Waals surface area contributed by atoms with E-state index in [1.165, 1.54) is 6.20 Å². The average Bonchev–Trinajstić information content (AvgIpc) is 3.20. The standard InChI is InChI=1S/C19H17ClF2N2O2S/c1-9-4-10(20)5-12(18(9)26-14-7-23-6-13(14)21)11-2-3-24-17-16(22)15(8-25)27-19(11)17/h2-5,13-14,23,25H,6-8H2,1H3/t13-,14+/m0/s1. The molecule has 1 aliphatic heterocycles. The van der Waals surface area contributed by atoms with Gasteiger partial charge in [-0.05, 0) is 30.7 Å². The number of rotatable bonds is 4. The molecule has 1 aromatic carbocycles. The van der Waals surface area contributed by atoms with Gasteiger partial charge in [0.1, 0.15) is 17.4 Å². The van der Waals surface area contributed by atoms with Crippen LogP contribution in [0.1, 0.15) is 10.4 Å². The quantitative estimate of drug-likeness (QED) is 0.675. The van der Waals surface area contributed by atoms with Crippen molar-refractivity contribution in [2.24, 2.45) is 0 Å². The number of alkyl halides is 1. The molecule has 0 spiro atoms. The summed E-state index contributed by atoms with van der Waals surface area (Å²) in [5.74, 6) is -0.00742. The third-order valence-electron chi connectivity index (χ3n) is 4.61. The molecule has 0 amide bonds. The maximum absolute atomic E-state index is 14.4. The van der Waals surface area contributed by atoms with Gasteiger partial charge < -0.3 is 15.2 Å². The van der Waals surface area contributed by atoms with Crippen LogP contribution in [0.5, 0.6) is 5.75 Å². The van der Waals surface area contributed by atoms with Crippen LogP contribution < -0.4 is 10.1 Å². The number of hydrogen-bond donors (Lipinski definition) is 2. The van der Waals surface area contributed by atoms with E-state index in [1.54, 1.807) is 18.2 Å². The molecule has 1 fully saturated rings. The minimum atomic E-state index is -1.11. The number of nitrogens with one attached hydrogen (secondary N) is 1. The number of halogens is 3. The van der Waals surface area contributed by atoms with Gasteiger partial charge in [0.05, 0.1) is 16.2 Å². The zero-order chi connectivity index (χ0) is 19.1. The number of pyridine rings is 1. The lowest BCUT2D eigenvalue weighted by molar-refractivity contribution is 0.140. The molecule has 2 atom stereocenters. The second-order valence-electron chi connectivity index (χ2n) is 6.46. The Balaban J connectivity index is 1.90. The average molecular weight is 411 g/mol. The zero-order valence-electron chi connectivity index (χ0n) is 14.4. The van der Waals surface area contributed by atoms with Crippen molar-refractivity contribution in [1.29, 1.82) is 0 Å². The summed E-state index contributed by atoms with van der Waals surface area (Å²) < 4.78 is 35.1. The maximum Gasteiger partial charge on any atom is 0.165 e. The Morgan fingerprint density at radius 2 is 2.19 bits per heavy atom. The molecule has 1 saturated heterocycles. The number of benzene rings is 1. The molecule has 4 nitrogen and oxygen atoms in total. The van der Waals surface area contributed by atoms with E-state index >= 15 is 0 Å². The highest BCUT2D eigenvalue weighted by molar-refractivity contribution is 7.19.